The van der Waals surface area contributed by atoms with Crippen molar-refractivity contribution in [1.29, 1.82) is 0 Å². The SMILES string of the molecule is COc1ccc([C@H]2[C@@H]3CCc4ccc(OC)cc4C3=NN2C(C)=O)c(OC)c1. The van der Waals surface area contributed by atoms with Gasteiger partial charge in [0.2, 0.25) is 5.91 Å². The molecule has 0 N–H and O–H groups in total. The van der Waals surface area contributed by atoms with Gasteiger partial charge in [0.15, 0.2) is 0 Å². The van der Waals surface area contributed by atoms with Crippen molar-refractivity contribution in [2.75, 3.05) is 21.3 Å². The summed E-state index contributed by atoms with van der Waals surface area (Å²) in [6.45, 7) is 1.55. The first-order chi connectivity index (χ1) is 13.6. The standard InChI is InChI=1S/C22H24N2O4/c1-13(25)24-22(17-10-8-16(27-3)12-20(17)28-4)18-9-6-14-5-7-15(26-2)11-19(14)21(18)23-24/h5,7-8,10-12,18,22H,6,9H2,1-4H3/t18-,22+/m1/s1. The summed E-state index contributed by atoms with van der Waals surface area (Å²) in [5, 5.41) is 6.36. The van der Waals surface area contributed by atoms with Crippen LogP contribution in [0.4, 0.5) is 0 Å². The van der Waals surface area contributed by atoms with Gasteiger partial charge in [-0.3, -0.25) is 4.79 Å². The van der Waals surface area contributed by atoms with E-state index in [0.717, 1.165) is 35.4 Å². The monoisotopic (exact) mass is 380 g/mol. The molecular formula is C22H24N2O4. The highest BCUT2D eigenvalue weighted by Gasteiger charge is 2.44. The molecule has 6 heteroatoms. The van der Waals surface area contributed by atoms with E-state index in [1.54, 1.807) is 33.3 Å². The van der Waals surface area contributed by atoms with Gasteiger partial charge in [-0.15, -0.1) is 0 Å². The molecule has 6 nitrogen and oxygen atoms in total. The van der Waals surface area contributed by atoms with Gasteiger partial charge in [0.05, 0.1) is 33.1 Å². The number of benzene rings is 2. The highest BCUT2D eigenvalue weighted by atomic mass is 16.5. The van der Waals surface area contributed by atoms with Gasteiger partial charge in [-0.25, -0.2) is 5.01 Å². The van der Waals surface area contributed by atoms with Crippen LogP contribution in [-0.2, 0) is 11.2 Å². The number of carbonyl (C=O) groups is 1. The third-order valence-electron chi connectivity index (χ3n) is 5.61. The molecule has 0 saturated heterocycles. The van der Waals surface area contributed by atoms with Gasteiger partial charge >= 0.3 is 0 Å². The minimum absolute atomic E-state index is 0.0887. The normalized spacial score (nSPS) is 20.1. The maximum Gasteiger partial charge on any atom is 0.240 e. The lowest BCUT2D eigenvalue weighted by Crippen LogP contribution is -2.31. The number of hydrazone groups is 1. The van der Waals surface area contributed by atoms with Crippen LogP contribution in [0, 0.1) is 5.92 Å². The number of amides is 1. The molecular weight excluding hydrogens is 356 g/mol. The van der Waals surface area contributed by atoms with Crippen LogP contribution in [-0.4, -0.2) is 38.0 Å². The van der Waals surface area contributed by atoms with Crippen LogP contribution in [0.2, 0.25) is 0 Å². The zero-order valence-electron chi connectivity index (χ0n) is 16.6. The molecule has 1 aliphatic heterocycles. The van der Waals surface area contributed by atoms with Crippen molar-refractivity contribution < 1.29 is 19.0 Å². The van der Waals surface area contributed by atoms with Crippen LogP contribution in [0.5, 0.6) is 17.2 Å². The number of methoxy groups -OCH3 is 3. The quantitative estimate of drug-likeness (QED) is 0.813. The Morgan fingerprint density at radius 2 is 1.75 bits per heavy atom. The highest BCUT2D eigenvalue weighted by Crippen LogP contribution is 2.46. The van der Waals surface area contributed by atoms with Crippen molar-refractivity contribution >= 4 is 11.6 Å². The highest BCUT2D eigenvalue weighted by molar-refractivity contribution is 6.07. The summed E-state index contributed by atoms with van der Waals surface area (Å²) in [4.78, 5) is 12.5. The van der Waals surface area contributed by atoms with Crippen LogP contribution in [0.25, 0.3) is 0 Å². The second-order valence-electron chi connectivity index (χ2n) is 7.07. The van der Waals surface area contributed by atoms with Crippen LogP contribution < -0.4 is 14.2 Å². The number of ether oxygens (including phenoxy) is 3. The Morgan fingerprint density at radius 3 is 2.43 bits per heavy atom. The first-order valence-corrected chi connectivity index (χ1v) is 9.35. The summed E-state index contributed by atoms with van der Waals surface area (Å²) in [5.74, 6) is 2.22. The van der Waals surface area contributed by atoms with Gasteiger partial charge in [0, 0.05) is 30.0 Å². The average molecular weight is 380 g/mol. The van der Waals surface area contributed by atoms with Gasteiger partial charge in [-0.2, -0.15) is 5.10 Å². The van der Waals surface area contributed by atoms with Gasteiger partial charge in [-0.05, 0) is 42.7 Å². The van der Waals surface area contributed by atoms with E-state index in [1.807, 2.05) is 30.3 Å². The topological polar surface area (TPSA) is 60.4 Å². The Bertz CT molecular complexity index is 954. The fraction of sp³-hybridized carbons (Fsp3) is 0.364. The minimum Gasteiger partial charge on any atom is -0.497 e. The van der Waals surface area contributed by atoms with Crippen LogP contribution in [0.3, 0.4) is 0 Å². The van der Waals surface area contributed by atoms with Gasteiger partial charge in [0.25, 0.3) is 0 Å². The Balaban J connectivity index is 1.82. The molecule has 0 saturated carbocycles. The molecule has 2 aromatic carbocycles. The number of hydrogen-bond acceptors (Lipinski definition) is 5. The van der Waals surface area contributed by atoms with Crippen molar-refractivity contribution in [3.05, 3.63) is 53.1 Å². The Labute approximate surface area is 164 Å². The van der Waals surface area contributed by atoms with Crippen molar-refractivity contribution in [2.45, 2.75) is 25.8 Å². The first-order valence-electron chi connectivity index (χ1n) is 9.35. The van der Waals surface area contributed by atoms with E-state index < -0.39 is 0 Å². The summed E-state index contributed by atoms with van der Waals surface area (Å²) < 4.78 is 16.4. The Morgan fingerprint density at radius 1 is 1.04 bits per heavy atom. The molecule has 1 amide bonds. The second-order valence-corrected chi connectivity index (χ2v) is 7.07. The summed E-state index contributed by atoms with van der Waals surface area (Å²) in [6, 6.07) is 11.6. The molecule has 1 heterocycles. The van der Waals surface area contributed by atoms with Crippen molar-refractivity contribution in [2.24, 2.45) is 11.0 Å². The fourth-order valence-corrected chi connectivity index (χ4v) is 4.25. The summed E-state index contributed by atoms with van der Waals surface area (Å²) in [7, 11) is 4.91. The lowest BCUT2D eigenvalue weighted by molar-refractivity contribution is -0.131. The Hall–Kier alpha value is -3.02. The summed E-state index contributed by atoms with van der Waals surface area (Å²) >= 11 is 0. The first kappa shape index (κ1) is 18.3. The fourth-order valence-electron chi connectivity index (χ4n) is 4.25. The maximum atomic E-state index is 12.5. The number of fused-ring (bicyclic) bond motifs is 3. The van der Waals surface area contributed by atoms with Crippen LogP contribution in [0.1, 0.15) is 36.1 Å². The Kier molecular flexibility index (Phi) is 4.71. The molecule has 0 unspecified atom stereocenters. The van der Waals surface area contributed by atoms with Crippen LogP contribution >= 0.6 is 0 Å². The molecule has 4 rings (SSSR count). The molecule has 2 aromatic rings. The third kappa shape index (κ3) is 2.89. The number of nitrogens with zero attached hydrogens (tertiary/aromatic N) is 2. The number of hydrogen-bond donors (Lipinski definition) is 0. The van der Waals surface area contributed by atoms with Crippen LogP contribution in [0.15, 0.2) is 41.5 Å². The maximum absolute atomic E-state index is 12.5. The molecule has 1 aliphatic carbocycles. The molecule has 2 aliphatic rings. The lowest BCUT2D eigenvalue weighted by Gasteiger charge is -2.30. The molecule has 0 fully saturated rings. The van der Waals surface area contributed by atoms with E-state index in [1.165, 1.54) is 5.56 Å². The van der Waals surface area contributed by atoms with E-state index in [-0.39, 0.29) is 17.9 Å². The predicted octanol–water partition coefficient (Wildman–Crippen LogP) is 3.58. The van der Waals surface area contributed by atoms with E-state index in [9.17, 15) is 4.79 Å². The summed E-state index contributed by atoms with van der Waals surface area (Å²) in [6.07, 6.45) is 1.85. The number of aryl methyl sites for hydroxylation is 1. The van der Waals surface area contributed by atoms with Crippen molar-refractivity contribution in [1.82, 2.24) is 5.01 Å². The minimum atomic E-state index is -0.201. The average Bonchev–Trinajstić information content (AvgIpc) is 3.13. The second kappa shape index (κ2) is 7.19. The zero-order valence-corrected chi connectivity index (χ0v) is 16.6. The van der Waals surface area contributed by atoms with Crippen molar-refractivity contribution in [3.63, 3.8) is 0 Å². The van der Waals surface area contributed by atoms with E-state index in [0.29, 0.717) is 11.5 Å². The molecule has 28 heavy (non-hydrogen) atoms. The molecule has 2 atom stereocenters. The zero-order chi connectivity index (χ0) is 19.8. The molecule has 0 spiro atoms. The largest absolute Gasteiger partial charge is 0.497 e. The third-order valence-corrected chi connectivity index (χ3v) is 5.61. The summed E-state index contributed by atoms with van der Waals surface area (Å²) in [5.41, 5.74) is 4.19. The van der Waals surface area contributed by atoms with E-state index in [4.69, 9.17) is 19.3 Å². The number of carbonyl (C=O) groups excluding carboxylic acids is 1. The van der Waals surface area contributed by atoms with Gasteiger partial charge in [0.1, 0.15) is 17.2 Å². The molecule has 146 valence electrons. The van der Waals surface area contributed by atoms with E-state index in [2.05, 4.69) is 6.07 Å². The molecule has 0 radical (unpaired) electrons. The van der Waals surface area contributed by atoms with Gasteiger partial charge in [-0.1, -0.05) is 6.07 Å². The smallest absolute Gasteiger partial charge is 0.240 e. The predicted molar refractivity (Wildman–Crippen MR) is 106 cm³/mol. The van der Waals surface area contributed by atoms with Gasteiger partial charge < -0.3 is 14.2 Å². The number of rotatable bonds is 4. The van der Waals surface area contributed by atoms with Crippen molar-refractivity contribution in [3.8, 4) is 17.2 Å². The molecule has 0 aromatic heterocycles. The molecule has 0 bridgehead atoms. The van der Waals surface area contributed by atoms with E-state index >= 15 is 0 Å². The lowest BCUT2D eigenvalue weighted by atomic mass is 9.77.